The van der Waals surface area contributed by atoms with Gasteiger partial charge in [0.2, 0.25) is 0 Å². The third-order valence-corrected chi connectivity index (χ3v) is 2.65. The number of nitrogens with zero attached hydrogens (tertiary/aromatic N) is 1. The summed E-state index contributed by atoms with van der Waals surface area (Å²) in [6.45, 7) is -0.774. The number of para-hydroxylation sites is 2. The first-order chi connectivity index (χ1) is 9.44. The van der Waals surface area contributed by atoms with Gasteiger partial charge in [-0.1, -0.05) is 12.1 Å². The Morgan fingerprint density at radius 2 is 1.95 bits per heavy atom. The maximum Gasteiger partial charge on any atom is 0.422 e. The van der Waals surface area contributed by atoms with Crippen molar-refractivity contribution in [3.05, 3.63) is 48.3 Å². The van der Waals surface area contributed by atoms with Crippen LogP contribution in [0.15, 0.2) is 42.7 Å². The normalized spacial score (nSPS) is 11.4. The van der Waals surface area contributed by atoms with E-state index in [0.29, 0.717) is 12.2 Å². The fraction of sp³-hybridized carbons (Fsp3) is 0.286. The molecule has 0 fully saturated rings. The molecule has 0 aliphatic heterocycles. The number of nitrogens with one attached hydrogen (secondary N) is 1. The van der Waals surface area contributed by atoms with Crippen LogP contribution in [0.1, 0.15) is 5.56 Å². The number of hydrogen-bond acceptors (Lipinski definition) is 2. The van der Waals surface area contributed by atoms with Crippen LogP contribution in [0.3, 0.4) is 0 Å². The highest BCUT2D eigenvalue weighted by molar-refractivity contribution is 5.56. The van der Waals surface area contributed by atoms with Crippen LogP contribution >= 0.6 is 0 Å². The van der Waals surface area contributed by atoms with Crippen LogP contribution in [-0.4, -0.2) is 17.4 Å². The van der Waals surface area contributed by atoms with Crippen molar-refractivity contribution in [3.8, 4) is 5.75 Å². The number of anilines is 1. The van der Waals surface area contributed by atoms with Crippen molar-refractivity contribution >= 4 is 5.69 Å². The molecule has 1 N–H and O–H groups in total. The third kappa shape index (κ3) is 4.22. The minimum atomic E-state index is -4.34. The third-order valence-electron chi connectivity index (χ3n) is 2.65. The Labute approximate surface area is 115 Å². The van der Waals surface area contributed by atoms with Gasteiger partial charge in [0.25, 0.3) is 0 Å². The van der Waals surface area contributed by atoms with E-state index in [1.54, 1.807) is 18.2 Å². The van der Waals surface area contributed by atoms with Crippen LogP contribution in [0, 0.1) is 0 Å². The molecule has 0 amide bonds. The molecule has 6 heteroatoms. The molecular weight excluding hydrogens is 269 g/mol. The molecule has 0 bridgehead atoms. The molecule has 2 aromatic rings. The maximum atomic E-state index is 12.2. The Morgan fingerprint density at radius 3 is 2.60 bits per heavy atom. The minimum Gasteiger partial charge on any atom is -0.482 e. The molecule has 0 aliphatic rings. The molecular formula is C14H15F3N2O. The summed E-state index contributed by atoms with van der Waals surface area (Å²) >= 11 is 0. The maximum absolute atomic E-state index is 12.2. The molecule has 20 heavy (non-hydrogen) atoms. The topological polar surface area (TPSA) is 26.2 Å². The van der Waals surface area contributed by atoms with Gasteiger partial charge in [0, 0.05) is 26.0 Å². The van der Waals surface area contributed by atoms with Gasteiger partial charge in [0.15, 0.2) is 6.61 Å². The van der Waals surface area contributed by atoms with Crippen LogP contribution in [0.25, 0.3) is 0 Å². The molecule has 0 spiro atoms. The van der Waals surface area contributed by atoms with Crippen LogP contribution in [0.2, 0.25) is 0 Å². The number of alkyl halides is 3. The summed E-state index contributed by atoms with van der Waals surface area (Å²) in [5.41, 5.74) is 1.58. The van der Waals surface area contributed by atoms with E-state index in [9.17, 15) is 13.2 Å². The van der Waals surface area contributed by atoms with Gasteiger partial charge in [-0.05, 0) is 23.8 Å². The Bertz CT molecular complexity index is 564. The molecule has 2 rings (SSSR count). The first-order valence-corrected chi connectivity index (χ1v) is 6.07. The number of aryl methyl sites for hydroxylation is 1. The molecule has 0 aliphatic carbocycles. The van der Waals surface area contributed by atoms with E-state index >= 15 is 0 Å². The summed E-state index contributed by atoms with van der Waals surface area (Å²) in [6.07, 6.45) is -0.498. The van der Waals surface area contributed by atoms with Crippen molar-refractivity contribution in [2.75, 3.05) is 11.9 Å². The largest absolute Gasteiger partial charge is 0.482 e. The smallest absolute Gasteiger partial charge is 0.422 e. The van der Waals surface area contributed by atoms with Crippen molar-refractivity contribution in [1.29, 1.82) is 0 Å². The summed E-state index contributed by atoms with van der Waals surface area (Å²) in [6, 6.07) is 8.52. The zero-order valence-corrected chi connectivity index (χ0v) is 10.9. The standard InChI is InChI=1S/C14H15F3N2O/c1-19-7-6-11(9-19)8-18-12-4-2-3-5-13(12)20-10-14(15,16)17/h2-7,9,18H,8,10H2,1H3. The first-order valence-electron chi connectivity index (χ1n) is 6.07. The Balaban J connectivity index is 2.00. The molecule has 0 saturated carbocycles. The van der Waals surface area contributed by atoms with Crippen LogP contribution in [0.4, 0.5) is 18.9 Å². The van der Waals surface area contributed by atoms with Crippen molar-refractivity contribution in [2.45, 2.75) is 12.7 Å². The quantitative estimate of drug-likeness (QED) is 0.908. The molecule has 108 valence electrons. The number of hydrogen-bond donors (Lipinski definition) is 1. The minimum absolute atomic E-state index is 0.195. The zero-order valence-electron chi connectivity index (χ0n) is 10.9. The van der Waals surface area contributed by atoms with Crippen molar-refractivity contribution in [2.24, 2.45) is 7.05 Å². The lowest BCUT2D eigenvalue weighted by atomic mass is 10.2. The zero-order chi connectivity index (χ0) is 14.6. The highest BCUT2D eigenvalue weighted by Gasteiger charge is 2.28. The van der Waals surface area contributed by atoms with E-state index in [1.807, 2.05) is 30.1 Å². The van der Waals surface area contributed by atoms with E-state index in [0.717, 1.165) is 5.56 Å². The fourth-order valence-corrected chi connectivity index (χ4v) is 1.76. The number of rotatable bonds is 5. The molecule has 1 aromatic heterocycles. The van der Waals surface area contributed by atoms with Gasteiger partial charge in [-0.3, -0.25) is 0 Å². The lowest BCUT2D eigenvalue weighted by Gasteiger charge is -2.14. The van der Waals surface area contributed by atoms with Crippen molar-refractivity contribution in [1.82, 2.24) is 4.57 Å². The molecule has 0 atom stereocenters. The van der Waals surface area contributed by atoms with Gasteiger partial charge in [0.1, 0.15) is 5.75 Å². The van der Waals surface area contributed by atoms with Crippen LogP contribution in [-0.2, 0) is 13.6 Å². The summed E-state index contributed by atoms with van der Waals surface area (Å²) in [4.78, 5) is 0. The number of aromatic nitrogens is 1. The number of halogens is 3. The van der Waals surface area contributed by atoms with Crippen molar-refractivity contribution in [3.63, 3.8) is 0 Å². The summed E-state index contributed by atoms with van der Waals surface area (Å²) in [5, 5.41) is 3.07. The van der Waals surface area contributed by atoms with Crippen LogP contribution in [0.5, 0.6) is 5.75 Å². The van der Waals surface area contributed by atoms with Crippen LogP contribution < -0.4 is 10.1 Å². The first kappa shape index (κ1) is 14.3. The molecule has 0 unspecified atom stereocenters. The lowest BCUT2D eigenvalue weighted by Crippen LogP contribution is -2.19. The van der Waals surface area contributed by atoms with Gasteiger partial charge in [-0.2, -0.15) is 13.2 Å². The molecule has 1 heterocycles. The van der Waals surface area contributed by atoms with Gasteiger partial charge >= 0.3 is 6.18 Å². The second kappa shape index (κ2) is 5.90. The second-order valence-electron chi connectivity index (χ2n) is 4.44. The van der Waals surface area contributed by atoms with E-state index < -0.39 is 12.8 Å². The van der Waals surface area contributed by atoms with E-state index in [-0.39, 0.29) is 5.75 Å². The monoisotopic (exact) mass is 284 g/mol. The Kier molecular flexibility index (Phi) is 4.22. The average molecular weight is 284 g/mol. The summed E-state index contributed by atoms with van der Waals surface area (Å²) < 4.78 is 43.2. The van der Waals surface area contributed by atoms with Gasteiger partial charge in [0.05, 0.1) is 5.69 Å². The lowest BCUT2D eigenvalue weighted by molar-refractivity contribution is -0.153. The molecule has 0 saturated heterocycles. The second-order valence-corrected chi connectivity index (χ2v) is 4.44. The Morgan fingerprint density at radius 1 is 1.20 bits per heavy atom. The van der Waals surface area contributed by atoms with Gasteiger partial charge in [-0.25, -0.2) is 0 Å². The summed E-state index contributed by atoms with van der Waals surface area (Å²) in [5.74, 6) is 0.195. The molecule has 1 aromatic carbocycles. The number of benzene rings is 1. The molecule has 0 radical (unpaired) electrons. The Hall–Kier alpha value is -2.11. The average Bonchev–Trinajstić information content (AvgIpc) is 2.80. The predicted molar refractivity (Wildman–Crippen MR) is 70.7 cm³/mol. The van der Waals surface area contributed by atoms with Crippen molar-refractivity contribution < 1.29 is 17.9 Å². The fourth-order valence-electron chi connectivity index (χ4n) is 1.76. The molecule has 3 nitrogen and oxygen atoms in total. The van der Waals surface area contributed by atoms with E-state index in [1.165, 1.54) is 6.07 Å². The highest BCUT2D eigenvalue weighted by Crippen LogP contribution is 2.26. The predicted octanol–water partition coefficient (Wildman–Crippen LogP) is 3.58. The van der Waals surface area contributed by atoms with Gasteiger partial charge < -0.3 is 14.6 Å². The SMILES string of the molecule is Cn1ccc(CNc2ccccc2OCC(F)(F)F)c1. The van der Waals surface area contributed by atoms with Gasteiger partial charge in [-0.15, -0.1) is 0 Å². The number of ether oxygens (including phenoxy) is 1. The van der Waals surface area contributed by atoms with E-state index in [2.05, 4.69) is 5.32 Å². The van der Waals surface area contributed by atoms with E-state index in [4.69, 9.17) is 4.74 Å². The summed E-state index contributed by atoms with van der Waals surface area (Å²) in [7, 11) is 1.91. The highest BCUT2D eigenvalue weighted by atomic mass is 19.4.